The number of rotatable bonds is 7. The van der Waals surface area contributed by atoms with Crippen LogP contribution in [0.2, 0.25) is 0 Å². The van der Waals surface area contributed by atoms with Crippen LogP contribution in [0.25, 0.3) is 0 Å². The van der Waals surface area contributed by atoms with Gasteiger partial charge in [-0.15, -0.1) is 0 Å². The fourth-order valence-corrected chi connectivity index (χ4v) is 1.68. The van der Waals surface area contributed by atoms with Crippen molar-refractivity contribution in [3.63, 3.8) is 0 Å². The Labute approximate surface area is 92.2 Å². The molecule has 4 nitrogen and oxygen atoms in total. The van der Waals surface area contributed by atoms with E-state index in [4.69, 9.17) is 4.74 Å². The molecule has 0 rings (SSSR count). The van der Waals surface area contributed by atoms with Crippen molar-refractivity contribution in [2.24, 2.45) is 5.92 Å². The van der Waals surface area contributed by atoms with Gasteiger partial charge in [0.2, 0.25) is 0 Å². The van der Waals surface area contributed by atoms with E-state index >= 15 is 0 Å². The molecule has 0 radical (unpaired) electrons. The Kier molecular flexibility index (Phi) is 5.83. The molecule has 90 valence electrons. The second kappa shape index (κ2) is 6.08. The van der Waals surface area contributed by atoms with Gasteiger partial charge in [0.15, 0.2) is 0 Å². The lowest BCUT2D eigenvalue weighted by Gasteiger charge is -2.36. The van der Waals surface area contributed by atoms with Gasteiger partial charge in [-0.2, -0.15) is 0 Å². The summed E-state index contributed by atoms with van der Waals surface area (Å²) in [6, 6.07) is 0. The summed E-state index contributed by atoms with van der Waals surface area (Å²) in [5.74, 6) is -0.411. The van der Waals surface area contributed by atoms with E-state index in [1.165, 1.54) is 0 Å². The third kappa shape index (κ3) is 4.18. The Bertz CT molecular complexity index is 206. The molecule has 0 fully saturated rings. The van der Waals surface area contributed by atoms with E-state index in [9.17, 15) is 9.90 Å². The number of hydrogen-bond acceptors (Lipinski definition) is 3. The van der Waals surface area contributed by atoms with Crippen LogP contribution in [0.4, 0.5) is 0 Å². The van der Waals surface area contributed by atoms with Crippen molar-refractivity contribution in [1.29, 1.82) is 0 Å². The Balaban J connectivity index is 4.54. The smallest absolute Gasteiger partial charge is 0.323 e. The van der Waals surface area contributed by atoms with Crippen molar-refractivity contribution in [2.75, 3.05) is 27.3 Å². The molecule has 0 aromatic carbocycles. The van der Waals surface area contributed by atoms with Crippen LogP contribution < -0.4 is 0 Å². The van der Waals surface area contributed by atoms with Crippen molar-refractivity contribution in [2.45, 2.75) is 32.7 Å². The molecular weight excluding hydrogens is 194 g/mol. The summed E-state index contributed by atoms with van der Waals surface area (Å²) in [6.07, 6.45) is 0.641. The Morgan fingerprint density at radius 1 is 1.53 bits per heavy atom. The van der Waals surface area contributed by atoms with E-state index in [2.05, 4.69) is 0 Å². The molecule has 1 unspecified atom stereocenters. The average Bonchev–Trinajstić information content (AvgIpc) is 2.12. The highest BCUT2D eigenvalue weighted by Crippen LogP contribution is 2.22. The molecule has 0 aliphatic carbocycles. The number of methoxy groups -OCH3 is 1. The number of carboxylic acid groups (broad SMARTS) is 1. The Morgan fingerprint density at radius 2 is 2.07 bits per heavy atom. The van der Waals surface area contributed by atoms with Gasteiger partial charge in [0.05, 0.1) is 6.61 Å². The first-order valence-electron chi connectivity index (χ1n) is 5.28. The first-order valence-corrected chi connectivity index (χ1v) is 5.28. The summed E-state index contributed by atoms with van der Waals surface area (Å²) in [4.78, 5) is 13.1. The van der Waals surface area contributed by atoms with Gasteiger partial charge >= 0.3 is 5.97 Å². The summed E-state index contributed by atoms with van der Waals surface area (Å²) < 4.78 is 4.96. The number of likely N-dealkylation sites (N-methyl/N-ethyl adjacent to an activating group) is 1. The Morgan fingerprint density at radius 3 is 2.40 bits per heavy atom. The van der Waals surface area contributed by atoms with Crippen LogP contribution >= 0.6 is 0 Å². The summed E-state index contributed by atoms with van der Waals surface area (Å²) in [6.45, 7) is 7.02. The summed E-state index contributed by atoms with van der Waals surface area (Å²) in [7, 11) is 3.45. The minimum atomic E-state index is -0.799. The molecule has 1 atom stereocenters. The molecule has 0 bridgehead atoms. The molecule has 0 aliphatic rings. The predicted molar refractivity (Wildman–Crippen MR) is 60.0 cm³/mol. The maximum Gasteiger partial charge on any atom is 0.323 e. The van der Waals surface area contributed by atoms with Crippen molar-refractivity contribution in [3.8, 4) is 0 Å². The van der Waals surface area contributed by atoms with Crippen LogP contribution in [0, 0.1) is 5.92 Å². The van der Waals surface area contributed by atoms with Crippen LogP contribution in [0.15, 0.2) is 0 Å². The number of aliphatic carboxylic acids is 1. The van der Waals surface area contributed by atoms with E-state index in [1.54, 1.807) is 14.0 Å². The number of carbonyl (C=O) groups is 1. The third-order valence-electron chi connectivity index (χ3n) is 2.74. The van der Waals surface area contributed by atoms with Crippen LogP contribution in [0.3, 0.4) is 0 Å². The van der Waals surface area contributed by atoms with E-state index in [-0.39, 0.29) is 0 Å². The second-order valence-corrected chi connectivity index (χ2v) is 4.59. The van der Waals surface area contributed by atoms with Crippen molar-refractivity contribution in [3.05, 3.63) is 0 Å². The Hall–Kier alpha value is -0.610. The SMILES string of the molecule is COCCN(C)C(C)(CC(C)C)C(=O)O. The number of nitrogens with zero attached hydrogens (tertiary/aromatic N) is 1. The normalized spacial score (nSPS) is 15.7. The molecule has 0 heterocycles. The van der Waals surface area contributed by atoms with Gasteiger partial charge in [-0.3, -0.25) is 9.69 Å². The molecule has 0 aliphatic heterocycles. The largest absolute Gasteiger partial charge is 0.480 e. The highest BCUT2D eigenvalue weighted by Gasteiger charge is 2.37. The van der Waals surface area contributed by atoms with E-state index in [0.29, 0.717) is 25.5 Å². The molecule has 0 aromatic heterocycles. The van der Waals surface area contributed by atoms with E-state index < -0.39 is 11.5 Å². The quantitative estimate of drug-likeness (QED) is 0.701. The van der Waals surface area contributed by atoms with Crippen LogP contribution in [0.5, 0.6) is 0 Å². The predicted octanol–water partition coefficient (Wildman–Crippen LogP) is 1.45. The standard InChI is InChI=1S/C11H23NO3/c1-9(2)8-11(3,10(13)14)12(4)6-7-15-5/h9H,6-8H2,1-5H3,(H,13,14). The van der Waals surface area contributed by atoms with Crippen molar-refractivity contribution < 1.29 is 14.6 Å². The molecular formula is C11H23NO3. The average molecular weight is 217 g/mol. The molecule has 0 spiro atoms. The molecule has 15 heavy (non-hydrogen) atoms. The monoisotopic (exact) mass is 217 g/mol. The lowest BCUT2D eigenvalue weighted by Crippen LogP contribution is -2.52. The van der Waals surface area contributed by atoms with Crippen LogP contribution in [-0.4, -0.2) is 48.8 Å². The zero-order valence-electron chi connectivity index (χ0n) is 10.4. The van der Waals surface area contributed by atoms with E-state index in [0.717, 1.165) is 0 Å². The molecule has 4 heteroatoms. The molecule has 0 aromatic rings. The first-order chi connectivity index (χ1) is 6.84. The van der Waals surface area contributed by atoms with Gasteiger partial charge in [0.25, 0.3) is 0 Å². The number of ether oxygens (including phenoxy) is 1. The van der Waals surface area contributed by atoms with E-state index in [1.807, 2.05) is 25.8 Å². The lowest BCUT2D eigenvalue weighted by atomic mass is 9.89. The summed E-state index contributed by atoms with van der Waals surface area (Å²) >= 11 is 0. The third-order valence-corrected chi connectivity index (χ3v) is 2.74. The second-order valence-electron chi connectivity index (χ2n) is 4.59. The van der Waals surface area contributed by atoms with Gasteiger partial charge < -0.3 is 9.84 Å². The first kappa shape index (κ1) is 14.4. The molecule has 1 N–H and O–H groups in total. The van der Waals surface area contributed by atoms with Gasteiger partial charge in [-0.05, 0) is 26.3 Å². The lowest BCUT2D eigenvalue weighted by molar-refractivity contribution is -0.151. The van der Waals surface area contributed by atoms with Crippen LogP contribution in [0.1, 0.15) is 27.2 Å². The highest BCUT2D eigenvalue weighted by atomic mass is 16.5. The fourth-order valence-electron chi connectivity index (χ4n) is 1.68. The van der Waals surface area contributed by atoms with Crippen molar-refractivity contribution >= 4 is 5.97 Å². The van der Waals surface area contributed by atoms with Crippen molar-refractivity contribution in [1.82, 2.24) is 4.90 Å². The zero-order chi connectivity index (χ0) is 12.1. The molecule has 0 saturated carbocycles. The maximum atomic E-state index is 11.3. The number of hydrogen-bond donors (Lipinski definition) is 1. The molecule has 0 amide bonds. The highest BCUT2D eigenvalue weighted by molar-refractivity contribution is 5.78. The minimum Gasteiger partial charge on any atom is -0.480 e. The van der Waals surface area contributed by atoms with Crippen LogP contribution in [-0.2, 0) is 9.53 Å². The maximum absolute atomic E-state index is 11.3. The zero-order valence-corrected chi connectivity index (χ0v) is 10.4. The fraction of sp³-hybridized carbons (Fsp3) is 0.909. The summed E-state index contributed by atoms with van der Waals surface area (Å²) in [5, 5.41) is 9.27. The van der Waals surface area contributed by atoms with Gasteiger partial charge in [-0.25, -0.2) is 0 Å². The summed E-state index contributed by atoms with van der Waals surface area (Å²) in [5.41, 5.74) is -0.799. The number of carboxylic acids is 1. The van der Waals surface area contributed by atoms with Gasteiger partial charge in [0, 0.05) is 13.7 Å². The minimum absolute atomic E-state index is 0.357. The molecule has 0 saturated heterocycles. The van der Waals surface area contributed by atoms with Gasteiger partial charge in [-0.1, -0.05) is 13.8 Å². The van der Waals surface area contributed by atoms with Gasteiger partial charge in [0.1, 0.15) is 5.54 Å². The topological polar surface area (TPSA) is 49.8 Å².